The van der Waals surface area contributed by atoms with Crippen LogP contribution in [0.15, 0.2) is 0 Å². The summed E-state index contributed by atoms with van der Waals surface area (Å²) >= 11 is -1.28. The summed E-state index contributed by atoms with van der Waals surface area (Å²) in [6, 6.07) is 0. The molecule has 0 amide bonds. The first-order valence-corrected chi connectivity index (χ1v) is 10.6. The number of aliphatic hydroxyl groups excluding tert-OH is 1. The van der Waals surface area contributed by atoms with E-state index in [2.05, 4.69) is 40.1 Å². The fourth-order valence-electron chi connectivity index (χ4n) is 2.13. The van der Waals surface area contributed by atoms with E-state index in [1.54, 1.807) is 0 Å². The second kappa shape index (κ2) is 9.66. The van der Waals surface area contributed by atoms with Gasteiger partial charge in [-0.05, 0) is 0 Å². The molecular weight excluding hydrogens is 313 g/mol. The molecule has 0 rings (SSSR count). The summed E-state index contributed by atoms with van der Waals surface area (Å²) in [6.07, 6.45) is 5.01. The predicted octanol–water partition coefficient (Wildman–Crippen LogP) is 3.61. The molecular formula is C13H30INO. The fourth-order valence-corrected chi connectivity index (χ4v) is 9.64. The Bertz CT molecular complexity index is 166. The predicted molar refractivity (Wildman–Crippen MR) is 82.4 cm³/mol. The van der Waals surface area contributed by atoms with Crippen LogP contribution in [-0.2, 0) is 0 Å². The van der Waals surface area contributed by atoms with E-state index in [9.17, 15) is 5.11 Å². The van der Waals surface area contributed by atoms with Gasteiger partial charge in [-0.25, -0.2) is 0 Å². The van der Waals surface area contributed by atoms with Crippen molar-refractivity contribution in [3.8, 4) is 0 Å². The third-order valence-corrected chi connectivity index (χ3v) is 11.4. The second-order valence-corrected chi connectivity index (χ2v) is 10.7. The Labute approximate surface area is 109 Å². The Morgan fingerprint density at radius 2 is 1.81 bits per heavy atom. The van der Waals surface area contributed by atoms with Gasteiger partial charge in [-0.2, -0.15) is 0 Å². The van der Waals surface area contributed by atoms with Gasteiger partial charge in [0.15, 0.2) is 0 Å². The van der Waals surface area contributed by atoms with Crippen LogP contribution in [0.25, 0.3) is 0 Å². The standard InChI is InChI=1S/C13H30INO/c1-6-9-12(8-3)14(10-16)13(15-5)11(4)7-2/h11-13,15-16H,6-10H2,1-5H3. The zero-order valence-corrected chi connectivity index (χ0v) is 13.8. The van der Waals surface area contributed by atoms with Gasteiger partial charge in [0.1, 0.15) is 0 Å². The van der Waals surface area contributed by atoms with Crippen molar-refractivity contribution in [3.05, 3.63) is 0 Å². The molecule has 0 bridgehead atoms. The molecule has 3 atom stereocenters. The summed E-state index contributed by atoms with van der Waals surface area (Å²) in [5.74, 6) is 0.702. The number of nitrogens with one attached hydrogen (secondary N) is 1. The van der Waals surface area contributed by atoms with Crippen LogP contribution >= 0.6 is 19.8 Å². The summed E-state index contributed by atoms with van der Waals surface area (Å²) in [5, 5.41) is 13.2. The normalized spacial score (nSPS) is 18.0. The van der Waals surface area contributed by atoms with Crippen LogP contribution in [0, 0.1) is 5.92 Å². The van der Waals surface area contributed by atoms with Crippen LogP contribution in [-0.4, -0.2) is 24.7 Å². The average molecular weight is 343 g/mol. The molecule has 16 heavy (non-hydrogen) atoms. The van der Waals surface area contributed by atoms with E-state index in [1.165, 1.54) is 25.7 Å². The Kier molecular flexibility index (Phi) is 10.0. The maximum atomic E-state index is 9.73. The van der Waals surface area contributed by atoms with Crippen LogP contribution in [0.1, 0.15) is 53.4 Å². The molecule has 0 radical (unpaired) electrons. The van der Waals surface area contributed by atoms with Gasteiger partial charge in [-0.1, -0.05) is 0 Å². The number of aliphatic hydroxyl groups is 1. The first kappa shape index (κ1) is 16.6. The van der Waals surface area contributed by atoms with E-state index < -0.39 is 19.8 Å². The monoisotopic (exact) mass is 343 g/mol. The van der Waals surface area contributed by atoms with Gasteiger partial charge in [-0.3, -0.25) is 0 Å². The molecule has 3 unspecified atom stereocenters. The first-order chi connectivity index (χ1) is 7.65. The van der Waals surface area contributed by atoms with Crippen molar-refractivity contribution in [1.29, 1.82) is 0 Å². The molecule has 0 heterocycles. The van der Waals surface area contributed by atoms with Crippen molar-refractivity contribution in [2.24, 2.45) is 5.92 Å². The topological polar surface area (TPSA) is 32.3 Å². The number of rotatable bonds is 9. The van der Waals surface area contributed by atoms with E-state index in [1.807, 2.05) is 0 Å². The summed E-state index contributed by atoms with van der Waals surface area (Å²) in [6.45, 7) is 9.11. The number of alkyl halides is 3. The molecule has 100 valence electrons. The van der Waals surface area contributed by atoms with Crippen LogP contribution in [0.3, 0.4) is 0 Å². The summed E-state index contributed by atoms with van der Waals surface area (Å²) in [7, 11) is 2.07. The van der Waals surface area contributed by atoms with E-state index in [0.29, 0.717) is 14.6 Å². The maximum absolute atomic E-state index is 9.73. The first-order valence-electron chi connectivity index (χ1n) is 6.57. The van der Waals surface area contributed by atoms with Crippen molar-refractivity contribution in [2.75, 3.05) is 11.7 Å². The van der Waals surface area contributed by atoms with Crippen molar-refractivity contribution >= 4 is 19.8 Å². The molecule has 0 aromatic carbocycles. The Morgan fingerprint density at radius 1 is 1.19 bits per heavy atom. The van der Waals surface area contributed by atoms with Crippen molar-refractivity contribution < 1.29 is 5.11 Å². The van der Waals surface area contributed by atoms with Crippen LogP contribution in [0.2, 0.25) is 0 Å². The van der Waals surface area contributed by atoms with Gasteiger partial charge < -0.3 is 0 Å². The third kappa shape index (κ3) is 4.88. The van der Waals surface area contributed by atoms with Gasteiger partial charge >= 0.3 is 109 Å². The Morgan fingerprint density at radius 3 is 2.12 bits per heavy atom. The van der Waals surface area contributed by atoms with Gasteiger partial charge in [0.2, 0.25) is 0 Å². The number of halogens is 1. The summed E-state index contributed by atoms with van der Waals surface area (Å²) < 4.78 is 1.89. The SMILES string of the molecule is CCCC(CC)I(CO)C(NC)C(C)CC. The Hall–Kier alpha value is 0.650. The van der Waals surface area contributed by atoms with Gasteiger partial charge in [-0.15, -0.1) is 0 Å². The quantitative estimate of drug-likeness (QED) is 0.381. The summed E-state index contributed by atoms with van der Waals surface area (Å²) in [5.41, 5.74) is 0. The molecule has 0 aliphatic rings. The van der Waals surface area contributed by atoms with E-state index in [0.717, 1.165) is 3.92 Å². The van der Waals surface area contributed by atoms with Gasteiger partial charge in [0.25, 0.3) is 0 Å². The molecule has 0 spiro atoms. The Balaban J connectivity index is 4.62. The average Bonchev–Trinajstić information content (AvgIpc) is 2.32. The molecule has 0 saturated heterocycles. The van der Waals surface area contributed by atoms with Crippen LogP contribution in [0.4, 0.5) is 0 Å². The van der Waals surface area contributed by atoms with Crippen molar-refractivity contribution in [2.45, 2.75) is 61.4 Å². The van der Waals surface area contributed by atoms with Crippen molar-refractivity contribution in [1.82, 2.24) is 5.32 Å². The third-order valence-electron chi connectivity index (χ3n) is 3.30. The van der Waals surface area contributed by atoms with E-state index in [4.69, 9.17) is 0 Å². The molecule has 2 N–H and O–H groups in total. The molecule has 2 nitrogen and oxygen atoms in total. The molecule has 0 fully saturated rings. The minimum atomic E-state index is -1.28. The number of hydrogen-bond acceptors (Lipinski definition) is 2. The number of hydrogen-bond donors (Lipinski definition) is 2. The van der Waals surface area contributed by atoms with Crippen LogP contribution in [0.5, 0.6) is 0 Å². The molecule has 0 aromatic heterocycles. The van der Waals surface area contributed by atoms with E-state index in [-0.39, 0.29) is 0 Å². The molecule has 0 aliphatic heterocycles. The zero-order chi connectivity index (χ0) is 12.6. The molecule has 3 heteroatoms. The fraction of sp³-hybridized carbons (Fsp3) is 1.00. The minimum absolute atomic E-state index is 0.471. The zero-order valence-electron chi connectivity index (χ0n) is 11.6. The van der Waals surface area contributed by atoms with Crippen molar-refractivity contribution in [3.63, 3.8) is 0 Å². The molecule has 0 aromatic rings. The van der Waals surface area contributed by atoms with Gasteiger partial charge in [0, 0.05) is 0 Å². The molecule has 0 aliphatic carbocycles. The summed E-state index contributed by atoms with van der Waals surface area (Å²) in [4.78, 5) is 0. The molecule has 0 saturated carbocycles. The second-order valence-electron chi connectivity index (χ2n) is 4.42. The van der Waals surface area contributed by atoms with Gasteiger partial charge in [0.05, 0.1) is 0 Å². The van der Waals surface area contributed by atoms with E-state index >= 15 is 0 Å². The van der Waals surface area contributed by atoms with Crippen LogP contribution < -0.4 is 5.32 Å².